The summed E-state index contributed by atoms with van der Waals surface area (Å²) in [5.41, 5.74) is 1.94. The highest BCUT2D eigenvalue weighted by Gasteiger charge is 2.13. The lowest BCUT2D eigenvalue weighted by Gasteiger charge is -2.17. The van der Waals surface area contributed by atoms with Crippen LogP contribution in [-0.2, 0) is 10.1 Å². The molecule has 5 nitrogen and oxygen atoms in total. The fraction of sp³-hybridized carbons (Fsp3) is 0.520. The molecule has 1 N–H and O–H groups in total. The van der Waals surface area contributed by atoms with Gasteiger partial charge >= 0.3 is 0 Å². The van der Waals surface area contributed by atoms with Crippen LogP contribution in [0.1, 0.15) is 64.7 Å². The minimum Gasteiger partial charge on any atom is -0.493 e. The Hall–Kier alpha value is -2.05. The van der Waals surface area contributed by atoms with Crippen molar-refractivity contribution in [2.45, 2.75) is 64.7 Å². The Balaban J connectivity index is 1.95. The quantitative estimate of drug-likeness (QED) is 0.233. The van der Waals surface area contributed by atoms with Crippen molar-refractivity contribution in [2.75, 3.05) is 19.0 Å². The van der Waals surface area contributed by atoms with Crippen molar-refractivity contribution in [2.24, 2.45) is 0 Å². The third-order valence-electron chi connectivity index (χ3n) is 5.11. The van der Waals surface area contributed by atoms with Gasteiger partial charge in [-0.25, -0.2) is 0 Å². The van der Waals surface area contributed by atoms with E-state index < -0.39 is 10.1 Å². The molecular formula is C25H36O5S. The van der Waals surface area contributed by atoms with Crippen molar-refractivity contribution in [1.82, 2.24) is 0 Å². The van der Waals surface area contributed by atoms with E-state index in [-0.39, 0.29) is 5.75 Å². The Labute approximate surface area is 187 Å². The van der Waals surface area contributed by atoms with Crippen LogP contribution in [0.15, 0.2) is 48.5 Å². The van der Waals surface area contributed by atoms with Crippen LogP contribution >= 0.6 is 0 Å². The van der Waals surface area contributed by atoms with Crippen molar-refractivity contribution >= 4 is 10.1 Å². The highest BCUT2D eigenvalue weighted by Crippen LogP contribution is 2.38. The van der Waals surface area contributed by atoms with Gasteiger partial charge in [-0.3, -0.25) is 4.55 Å². The first-order valence-electron chi connectivity index (χ1n) is 11.4. The molecule has 0 unspecified atom stereocenters. The van der Waals surface area contributed by atoms with E-state index in [4.69, 9.17) is 14.0 Å². The molecule has 31 heavy (non-hydrogen) atoms. The number of benzene rings is 2. The molecule has 0 saturated carbocycles. The van der Waals surface area contributed by atoms with E-state index in [0.29, 0.717) is 26.1 Å². The maximum absolute atomic E-state index is 10.9. The van der Waals surface area contributed by atoms with Crippen LogP contribution in [0.3, 0.4) is 0 Å². The zero-order valence-electron chi connectivity index (χ0n) is 18.6. The smallest absolute Gasteiger partial charge is 0.264 e. The average molecular weight is 449 g/mol. The molecule has 0 amide bonds. The summed E-state index contributed by atoms with van der Waals surface area (Å²) >= 11 is 0. The summed E-state index contributed by atoms with van der Waals surface area (Å²) in [4.78, 5) is 0. The second kappa shape index (κ2) is 14.1. The van der Waals surface area contributed by atoms with E-state index in [2.05, 4.69) is 6.92 Å². The Morgan fingerprint density at radius 3 is 1.84 bits per heavy atom. The molecule has 0 saturated heterocycles. The predicted octanol–water partition coefficient (Wildman–Crippen LogP) is 6.53. The largest absolute Gasteiger partial charge is 0.493 e. The first-order valence-corrected chi connectivity index (χ1v) is 13.0. The highest BCUT2D eigenvalue weighted by atomic mass is 32.2. The number of unbranched alkanes of at least 4 members (excludes halogenated alkanes) is 7. The SMILES string of the molecule is CCCCCCCCCOc1cccc(OCCCCS(=O)(=O)O)c1-c1ccccc1. The van der Waals surface area contributed by atoms with Crippen LogP contribution in [0.4, 0.5) is 0 Å². The monoisotopic (exact) mass is 448 g/mol. The second-order valence-electron chi connectivity index (χ2n) is 7.81. The summed E-state index contributed by atoms with van der Waals surface area (Å²) in [5.74, 6) is 1.27. The van der Waals surface area contributed by atoms with E-state index in [1.165, 1.54) is 38.5 Å². The molecule has 0 spiro atoms. The fourth-order valence-electron chi connectivity index (χ4n) is 3.45. The summed E-state index contributed by atoms with van der Waals surface area (Å²) in [6.07, 6.45) is 9.55. The van der Waals surface area contributed by atoms with E-state index in [9.17, 15) is 8.42 Å². The lowest BCUT2D eigenvalue weighted by Crippen LogP contribution is -2.07. The lowest BCUT2D eigenvalue weighted by atomic mass is 10.0. The van der Waals surface area contributed by atoms with Gasteiger partial charge in [-0.2, -0.15) is 8.42 Å². The van der Waals surface area contributed by atoms with E-state index in [1.54, 1.807) is 0 Å². The molecule has 0 bridgehead atoms. The topological polar surface area (TPSA) is 72.8 Å². The van der Waals surface area contributed by atoms with Crippen molar-refractivity contribution in [1.29, 1.82) is 0 Å². The van der Waals surface area contributed by atoms with Crippen LogP contribution in [-0.4, -0.2) is 31.9 Å². The molecule has 0 aromatic heterocycles. The van der Waals surface area contributed by atoms with Gasteiger partial charge in [0.25, 0.3) is 10.1 Å². The standard InChI is InChI=1S/C25H36O5S/c1-2-3-4-5-6-7-11-19-29-23-17-14-18-24(25(23)22-15-9-8-10-16-22)30-20-12-13-21-31(26,27)28/h8-10,14-18H,2-7,11-13,19-21H2,1H3,(H,26,27,28). The van der Waals surface area contributed by atoms with Gasteiger partial charge in [0, 0.05) is 0 Å². The minimum atomic E-state index is -3.92. The van der Waals surface area contributed by atoms with Gasteiger partial charge in [0.15, 0.2) is 0 Å². The Kier molecular flexibility index (Phi) is 11.5. The van der Waals surface area contributed by atoms with E-state index in [1.807, 2.05) is 48.5 Å². The number of rotatable bonds is 16. The third kappa shape index (κ3) is 10.2. The molecule has 0 fully saturated rings. The molecule has 0 aliphatic carbocycles. The summed E-state index contributed by atoms with van der Waals surface area (Å²) in [5, 5.41) is 0. The highest BCUT2D eigenvalue weighted by molar-refractivity contribution is 7.85. The Morgan fingerprint density at radius 1 is 0.710 bits per heavy atom. The molecule has 6 heteroatoms. The minimum absolute atomic E-state index is 0.247. The van der Waals surface area contributed by atoms with Gasteiger partial charge in [-0.1, -0.05) is 81.8 Å². The summed E-state index contributed by atoms with van der Waals surface area (Å²) in [6.45, 7) is 3.28. The van der Waals surface area contributed by atoms with Gasteiger partial charge in [0.05, 0.1) is 24.5 Å². The van der Waals surface area contributed by atoms with Crippen molar-refractivity contribution < 1.29 is 22.4 Å². The first kappa shape index (κ1) is 25.2. The molecule has 2 aromatic rings. The molecule has 172 valence electrons. The molecular weight excluding hydrogens is 412 g/mol. The summed E-state index contributed by atoms with van der Waals surface area (Å²) < 4.78 is 42.7. The lowest BCUT2D eigenvalue weighted by molar-refractivity contribution is 0.294. The number of hydrogen-bond donors (Lipinski definition) is 1. The normalized spacial score (nSPS) is 11.4. The second-order valence-corrected chi connectivity index (χ2v) is 9.38. The molecule has 2 rings (SSSR count). The molecule has 0 aliphatic heterocycles. The molecule has 0 radical (unpaired) electrons. The van der Waals surface area contributed by atoms with Gasteiger partial charge in [-0.05, 0) is 37.0 Å². The average Bonchev–Trinajstić information content (AvgIpc) is 2.75. The zero-order valence-corrected chi connectivity index (χ0v) is 19.4. The van der Waals surface area contributed by atoms with Gasteiger partial charge in [-0.15, -0.1) is 0 Å². The van der Waals surface area contributed by atoms with Crippen molar-refractivity contribution in [3.63, 3.8) is 0 Å². The number of hydrogen-bond acceptors (Lipinski definition) is 4. The van der Waals surface area contributed by atoms with E-state index >= 15 is 0 Å². The molecule has 2 aromatic carbocycles. The van der Waals surface area contributed by atoms with Gasteiger partial charge in [0.2, 0.25) is 0 Å². The fourth-order valence-corrected chi connectivity index (χ4v) is 4.02. The van der Waals surface area contributed by atoms with Crippen molar-refractivity contribution in [3.8, 4) is 22.6 Å². The van der Waals surface area contributed by atoms with Crippen LogP contribution < -0.4 is 9.47 Å². The van der Waals surface area contributed by atoms with Crippen LogP contribution in [0.5, 0.6) is 11.5 Å². The summed E-state index contributed by atoms with van der Waals surface area (Å²) in [6, 6.07) is 15.8. The van der Waals surface area contributed by atoms with Gasteiger partial charge < -0.3 is 9.47 Å². The number of ether oxygens (including phenoxy) is 2. The molecule has 0 heterocycles. The maximum atomic E-state index is 10.9. The third-order valence-corrected chi connectivity index (χ3v) is 5.91. The Bertz CT molecular complexity index is 849. The molecule has 0 aliphatic rings. The maximum Gasteiger partial charge on any atom is 0.264 e. The Morgan fingerprint density at radius 2 is 1.26 bits per heavy atom. The van der Waals surface area contributed by atoms with Crippen molar-refractivity contribution in [3.05, 3.63) is 48.5 Å². The van der Waals surface area contributed by atoms with Crippen LogP contribution in [0.25, 0.3) is 11.1 Å². The summed E-state index contributed by atoms with van der Waals surface area (Å²) in [7, 11) is -3.92. The van der Waals surface area contributed by atoms with Crippen LogP contribution in [0, 0.1) is 0 Å². The first-order chi connectivity index (χ1) is 15.0. The predicted molar refractivity (Wildman–Crippen MR) is 127 cm³/mol. The molecule has 0 atom stereocenters. The van der Waals surface area contributed by atoms with Crippen LogP contribution in [0.2, 0.25) is 0 Å². The van der Waals surface area contributed by atoms with Gasteiger partial charge in [0.1, 0.15) is 11.5 Å². The van der Waals surface area contributed by atoms with E-state index in [0.717, 1.165) is 29.0 Å². The zero-order chi connectivity index (χ0) is 22.4.